The molecule has 0 atom stereocenters. The first-order valence-corrected chi connectivity index (χ1v) is 7.50. The first-order valence-electron chi connectivity index (χ1n) is 7.50. The average molecular weight is 275 g/mol. The van der Waals surface area contributed by atoms with Crippen molar-refractivity contribution in [3.63, 3.8) is 0 Å². The van der Waals surface area contributed by atoms with Gasteiger partial charge in [-0.25, -0.2) is 0 Å². The monoisotopic (exact) mass is 275 g/mol. The second-order valence-corrected chi connectivity index (χ2v) is 5.95. The molecule has 1 N–H and O–H groups in total. The van der Waals surface area contributed by atoms with Crippen molar-refractivity contribution in [1.82, 2.24) is 5.32 Å². The van der Waals surface area contributed by atoms with Gasteiger partial charge < -0.3 is 10.1 Å². The molecule has 0 bridgehead atoms. The van der Waals surface area contributed by atoms with Gasteiger partial charge in [-0.05, 0) is 43.2 Å². The summed E-state index contributed by atoms with van der Waals surface area (Å²) in [7, 11) is 1.74. The summed E-state index contributed by atoms with van der Waals surface area (Å²) in [5.41, 5.74) is 2.06. The Balaban J connectivity index is 1.96. The molecule has 1 aliphatic rings. The zero-order valence-corrected chi connectivity index (χ0v) is 12.6. The van der Waals surface area contributed by atoms with E-state index in [4.69, 9.17) is 4.74 Å². The Hall–Kier alpha value is -1.35. The largest absolute Gasteiger partial charge is 0.385 e. The van der Waals surface area contributed by atoms with Crippen LogP contribution in [0.25, 0.3) is 0 Å². The smallest absolute Gasteiger partial charge is 0.251 e. The van der Waals surface area contributed by atoms with Crippen LogP contribution in [-0.4, -0.2) is 26.2 Å². The Morgan fingerprint density at radius 2 is 2.00 bits per heavy atom. The number of rotatable bonds is 6. The summed E-state index contributed by atoms with van der Waals surface area (Å²) in [6.45, 7) is 3.52. The lowest BCUT2D eigenvalue weighted by Crippen LogP contribution is -2.37. The number of nitrogens with one attached hydrogen (secondary N) is 1. The molecule has 0 heterocycles. The van der Waals surface area contributed by atoms with E-state index < -0.39 is 0 Å². The van der Waals surface area contributed by atoms with Gasteiger partial charge in [-0.3, -0.25) is 4.79 Å². The Morgan fingerprint density at radius 3 is 2.65 bits per heavy atom. The van der Waals surface area contributed by atoms with Crippen LogP contribution >= 0.6 is 0 Å². The predicted molar refractivity (Wildman–Crippen MR) is 80.9 cm³/mol. The molecule has 1 aromatic carbocycles. The van der Waals surface area contributed by atoms with E-state index >= 15 is 0 Å². The predicted octanol–water partition coefficient (Wildman–Crippen LogP) is 3.32. The van der Waals surface area contributed by atoms with Gasteiger partial charge in [0.05, 0.1) is 0 Å². The fourth-order valence-electron chi connectivity index (χ4n) is 3.15. The van der Waals surface area contributed by atoms with E-state index in [0.717, 1.165) is 30.7 Å². The van der Waals surface area contributed by atoms with Crippen molar-refractivity contribution in [3.8, 4) is 0 Å². The summed E-state index contributed by atoms with van der Waals surface area (Å²) in [5.74, 6) is 0.0480. The van der Waals surface area contributed by atoms with Crippen LogP contribution in [0, 0.1) is 12.3 Å². The minimum Gasteiger partial charge on any atom is -0.385 e. The van der Waals surface area contributed by atoms with Gasteiger partial charge in [0.1, 0.15) is 0 Å². The third kappa shape index (κ3) is 3.60. The van der Waals surface area contributed by atoms with Crippen molar-refractivity contribution < 1.29 is 9.53 Å². The van der Waals surface area contributed by atoms with Gasteiger partial charge >= 0.3 is 0 Å². The van der Waals surface area contributed by atoms with E-state index in [2.05, 4.69) is 5.32 Å². The Labute approximate surface area is 121 Å². The van der Waals surface area contributed by atoms with Gasteiger partial charge in [-0.15, -0.1) is 0 Å². The lowest BCUT2D eigenvalue weighted by Gasteiger charge is -2.29. The molecular weight excluding hydrogens is 250 g/mol. The molecule has 0 aromatic heterocycles. The molecule has 1 aromatic rings. The van der Waals surface area contributed by atoms with Crippen LogP contribution in [0.1, 0.15) is 48.0 Å². The molecule has 20 heavy (non-hydrogen) atoms. The second kappa shape index (κ2) is 6.89. The molecule has 1 saturated carbocycles. The van der Waals surface area contributed by atoms with Crippen molar-refractivity contribution in [3.05, 3.63) is 35.4 Å². The van der Waals surface area contributed by atoms with E-state index in [0.29, 0.717) is 0 Å². The van der Waals surface area contributed by atoms with E-state index in [1.54, 1.807) is 7.11 Å². The van der Waals surface area contributed by atoms with Crippen molar-refractivity contribution >= 4 is 5.91 Å². The number of aryl methyl sites for hydroxylation is 1. The molecule has 1 amide bonds. The normalized spacial score (nSPS) is 17.1. The van der Waals surface area contributed by atoms with Crippen LogP contribution in [0.15, 0.2) is 24.3 Å². The number of methoxy groups -OCH3 is 1. The zero-order chi connectivity index (χ0) is 14.4. The fourth-order valence-corrected chi connectivity index (χ4v) is 3.15. The van der Waals surface area contributed by atoms with Gasteiger partial charge in [0.25, 0.3) is 5.91 Å². The Bertz CT molecular complexity index is 450. The molecule has 1 fully saturated rings. The molecule has 0 aliphatic heterocycles. The van der Waals surface area contributed by atoms with Crippen molar-refractivity contribution in [1.29, 1.82) is 0 Å². The molecule has 0 spiro atoms. The minimum absolute atomic E-state index is 0.0480. The standard InChI is InChI=1S/C17H25NO2/c1-14-7-3-4-8-15(14)16(19)18-13-17(11-12-20-2)9-5-6-10-17/h3-4,7-8H,5-6,9-13H2,1-2H3,(H,18,19). The number of benzene rings is 1. The summed E-state index contributed by atoms with van der Waals surface area (Å²) in [5, 5.41) is 3.14. The van der Waals surface area contributed by atoms with Crippen LogP contribution in [0.3, 0.4) is 0 Å². The highest BCUT2D eigenvalue weighted by Gasteiger charge is 2.33. The van der Waals surface area contributed by atoms with Crippen LogP contribution in [0.5, 0.6) is 0 Å². The Kier molecular flexibility index (Phi) is 5.18. The number of amides is 1. The summed E-state index contributed by atoms with van der Waals surface area (Å²) < 4.78 is 5.23. The molecule has 2 rings (SSSR count). The maximum absolute atomic E-state index is 12.3. The number of hydrogen-bond donors (Lipinski definition) is 1. The van der Waals surface area contributed by atoms with E-state index in [1.807, 2.05) is 31.2 Å². The molecule has 1 aliphatic carbocycles. The number of hydrogen-bond acceptors (Lipinski definition) is 2. The van der Waals surface area contributed by atoms with Crippen LogP contribution in [0.4, 0.5) is 0 Å². The van der Waals surface area contributed by atoms with Crippen LogP contribution in [0.2, 0.25) is 0 Å². The van der Waals surface area contributed by atoms with Gasteiger partial charge in [0, 0.05) is 25.8 Å². The zero-order valence-electron chi connectivity index (χ0n) is 12.6. The van der Waals surface area contributed by atoms with Gasteiger partial charge in [-0.1, -0.05) is 31.0 Å². The first-order chi connectivity index (χ1) is 9.67. The van der Waals surface area contributed by atoms with E-state index in [1.165, 1.54) is 25.7 Å². The molecule has 3 nitrogen and oxygen atoms in total. The summed E-state index contributed by atoms with van der Waals surface area (Å²) in [4.78, 5) is 12.3. The third-order valence-corrected chi connectivity index (χ3v) is 4.51. The van der Waals surface area contributed by atoms with Crippen LogP contribution in [-0.2, 0) is 4.74 Å². The molecule has 3 heteroatoms. The van der Waals surface area contributed by atoms with E-state index in [-0.39, 0.29) is 11.3 Å². The minimum atomic E-state index is 0.0480. The molecule has 0 saturated heterocycles. The van der Waals surface area contributed by atoms with Gasteiger partial charge in [0.15, 0.2) is 0 Å². The van der Waals surface area contributed by atoms with Crippen LogP contribution < -0.4 is 5.32 Å². The highest BCUT2D eigenvalue weighted by molar-refractivity contribution is 5.95. The second-order valence-electron chi connectivity index (χ2n) is 5.95. The SMILES string of the molecule is COCCC1(CNC(=O)c2ccccc2C)CCCC1. The first kappa shape index (κ1) is 15.0. The lowest BCUT2D eigenvalue weighted by molar-refractivity contribution is 0.0902. The van der Waals surface area contributed by atoms with Gasteiger partial charge in [0.2, 0.25) is 0 Å². The quantitative estimate of drug-likeness (QED) is 0.865. The van der Waals surface area contributed by atoms with Crippen molar-refractivity contribution in [2.45, 2.75) is 39.0 Å². The van der Waals surface area contributed by atoms with Crippen molar-refractivity contribution in [2.75, 3.05) is 20.3 Å². The van der Waals surface area contributed by atoms with E-state index in [9.17, 15) is 4.79 Å². The van der Waals surface area contributed by atoms with Crippen molar-refractivity contribution in [2.24, 2.45) is 5.41 Å². The molecular formula is C17H25NO2. The maximum atomic E-state index is 12.3. The number of carbonyl (C=O) groups excluding carboxylic acids is 1. The fraction of sp³-hybridized carbons (Fsp3) is 0.588. The topological polar surface area (TPSA) is 38.3 Å². The summed E-state index contributed by atoms with van der Waals surface area (Å²) >= 11 is 0. The number of carbonyl (C=O) groups is 1. The molecule has 0 radical (unpaired) electrons. The van der Waals surface area contributed by atoms with Gasteiger partial charge in [-0.2, -0.15) is 0 Å². The lowest BCUT2D eigenvalue weighted by atomic mass is 9.83. The summed E-state index contributed by atoms with van der Waals surface area (Å²) in [6.07, 6.45) is 5.97. The maximum Gasteiger partial charge on any atom is 0.251 e. The third-order valence-electron chi connectivity index (χ3n) is 4.51. The summed E-state index contributed by atoms with van der Waals surface area (Å²) in [6, 6.07) is 7.74. The Morgan fingerprint density at radius 1 is 1.30 bits per heavy atom. The highest BCUT2D eigenvalue weighted by atomic mass is 16.5. The number of ether oxygens (including phenoxy) is 1. The highest BCUT2D eigenvalue weighted by Crippen LogP contribution is 2.40. The molecule has 0 unspecified atom stereocenters. The molecule has 110 valence electrons. The average Bonchev–Trinajstić information content (AvgIpc) is 2.92.